The van der Waals surface area contributed by atoms with Crippen molar-refractivity contribution in [1.29, 1.82) is 0 Å². The molecule has 1 N–H and O–H groups in total. The molecule has 2 saturated heterocycles. The average molecular weight is 389 g/mol. The monoisotopic (exact) mass is 388 g/mol. The van der Waals surface area contributed by atoms with Gasteiger partial charge in [0.2, 0.25) is 0 Å². The topological polar surface area (TPSA) is 52.5 Å². The van der Waals surface area contributed by atoms with Gasteiger partial charge in [-0.3, -0.25) is 0 Å². The van der Waals surface area contributed by atoms with Gasteiger partial charge >= 0.3 is 0 Å². The molecule has 3 aromatic rings. The van der Waals surface area contributed by atoms with Crippen LogP contribution in [-0.4, -0.2) is 58.3 Å². The van der Waals surface area contributed by atoms with Crippen molar-refractivity contribution >= 4 is 16.7 Å². The van der Waals surface area contributed by atoms with Crippen molar-refractivity contribution in [3.05, 3.63) is 54.6 Å². The summed E-state index contributed by atoms with van der Waals surface area (Å²) in [4.78, 5) is 14.5. The molecule has 1 aromatic heterocycles. The van der Waals surface area contributed by atoms with E-state index in [4.69, 9.17) is 9.97 Å². The first-order valence-corrected chi connectivity index (χ1v) is 10.7. The minimum atomic E-state index is -0.679. The summed E-state index contributed by atoms with van der Waals surface area (Å²) in [6.07, 6.45) is 4.32. The lowest BCUT2D eigenvalue weighted by Crippen LogP contribution is -2.54. The van der Waals surface area contributed by atoms with E-state index in [9.17, 15) is 5.11 Å². The third kappa shape index (κ3) is 3.85. The van der Waals surface area contributed by atoms with Gasteiger partial charge in [0.25, 0.3) is 0 Å². The number of aliphatic hydroxyl groups is 1. The molecule has 29 heavy (non-hydrogen) atoms. The Balaban J connectivity index is 1.51. The SMILES string of the molecule is OC1(CN2CCCC2)CCCN(c2nc(-c3ccccc3)nc3ccccc23)C1. The number of hydrogen-bond acceptors (Lipinski definition) is 5. The van der Waals surface area contributed by atoms with Gasteiger partial charge < -0.3 is 14.9 Å². The molecule has 0 saturated carbocycles. The highest BCUT2D eigenvalue weighted by molar-refractivity contribution is 5.91. The van der Waals surface area contributed by atoms with E-state index >= 15 is 0 Å². The maximum atomic E-state index is 11.4. The number of benzene rings is 2. The van der Waals surface area contributed by atoms with Gasteiger partial charge in [0.1, 0.15) is 5.82 Å². The molecule has 2 aromatic carbocycles. The van der Waals surface area contributed by atoms with Crippen molar-refractivity contribution in [3.63, 3.8) is 0 Å². The van der Waals surface area contributed by atoms with Crippen LogP contribution in [0.25, 0.3) is 22.3 Å². The summed E-state index contributed by atoms with van der Waals surface area (Å²) in [5, 5.41) is 12.4. The molecule has 0 amide bonds. The maximum Gasteiger partial charge on any atom is 0.162 e. The second-order valence-corrected chi connectivity index (χ2v) is 8.49. The van der Waals surface area contributed by atoms with Crippen LogP contribution in [0.4, 0.5) is 5.82 Å². The molecule has 1 unspecified atom stereocenters. The van der Waals surface area contributed by atoms with Crippen LogP contribution < -0.4 is 4.90 Å². The molecule has 0 aliphatic carbocycles. The van der Waals surface area contributed by atoms with Gasteiger partial charge in [-0.05, 0) is 50.9 Å². The molecule has 5 rings (SSSR count). The zero-order valence-corrected chi connectivity index (χ0v) is 16.8. The van der Waals surface area contributed by atoms with Gasteiger partial charge in [0, 0.05) is 30.6 Å². The summed E-state index contributed by atoms with van der Waals surface area (Å²) in [5.41, 5.74) is 1.29. The average Bonchev–Trinajstić information content (AvgIpc) is 3.26. The van der Waals surface area contributed by atoms with E-state index in [2.05, 4.69) is 15.9 Å². The molecule has 0 bridgehead atoms. The Bertz CT molecular complexity index is 987. The van der Waals surface area contributed by atoms with Crippen molar-refractivity contribution in [2.75, 3.05) is 37.6 Å². The lowest BCUT2D eigenvalue weighted by molar-refractivity contribution is -0.00231. The Hall–Kier alpha value is -2.50. The lowest BCUT2D eigenvalue weighted by atomic mass is 9.92. The highest BCUT2D eigenvalue weighted by Gasteiger charge is 2.36. The molecular formula is C24H28N4O. The number of fused-ring (bicyclic) bond motifs is 1. The van der Waals surface area contributed by atoms with Gasteiger partial charge in [-0.15, -0.1) is 0 Å². The predicted molar refractivity (Wildman–Crippen MR) is 117 cm³/mol. The number of aromatic nitrogens is 2. The number of piperidine rings is 1. The van der Waals surface area contributed by atoms with Crippen LogP contribution in [0.15, 0.2) is 54.6 Å². The van der Waals surface area contributed by atoms with E-state index in [0.717, 1.165) is 67.1 Å². The largest absolute Gasteiger partial charge is 0.387 e. The van der Waals surface area contributed by atoms with E-state index in [1.807, 2.05) is 48.5 Å². The van der Waals surface area contributed by atoms with E-state index in [0.29, 0.717) is 6.54 Å². The van der Waals surface area contributed by atoms with Gasteiger partial charge in [0.15, 0.2) is 5.82 Å². The fourth-order valence-electron chi connectivity index (χ4n) is 4.80. The lowest BCUT2D eigenvalue weighted by Gasteiger charge is -2.42. The number of rotatable bonds is 4. The molecule has 5 nitrogen and oxygen atoms in total. The molecule has 150 valence electrons. The first-order valence-electron chi connectivity index (χ1n) is 10.7. The van der Waals surface area contributed by atoms with Gasteiger partial charge in [0.05, 0.1) is 11.1 Å². The molecule has 0 spiro atoms. The molecule has 3 heterocycles. The van der Waals surface area contributed by atoms with Crippen molar-refractivity contribution in [3.8, 4) is 11.4 Å². The smallest absolute Gasteiger partial charge is 0.162 e. The molecule has 2 aliphatic heterocycles. The normalized spacial score (nSPS) is 23.0. The first kappa shape index (κ1) is 18.5. The van der Waals surface area contributed by atoms with Crippen LogP contribution in [0.5, 0.6) is 0 Å². The summed E-state index contributed by atoms with van der Waals surface area (Å²) >= 11 is 0. The summed E-state index contributed by atoms with van der Waals surface area (Å²) in [5.74, 6) is 1.68. The number of nitrogens with zero attached hydrogens (tertiary/aromatic N) is 4. The molecule has 5 heteroatoms. The van der Waals surface area contributed by atoms with Crippen molar-refractivity contribution in [2.24, 2.45) is 0 Å². The quantitative estimate of drug-likeness (QED) is 0.738. The standard InChI is InChI=1S/C24H28N4O/c29-24(17-27-14-6-7-15-27)13-8-16-28(18-24)23-20-11-4-5-12-21(20)25-22(26-23)19-9-2-1-3-10-19/h1-5,9-12,29H,6-8,13-18H2. The third-order valence-corrected chi connectivity index (χ3v) is 6.19. The number of hydrogen-bond donors (Lipinski definition) is 1. The Morgan fingerprint density at radius 1 is 0.862 bits per heavy atom. The molecule has 2 aliphatic rings. The van der Waals surface area contributed by atoms with E-state index in [1.54, 1.807) is 0 Å². The Morgan fingerprint density at radius 2 is 1.62 bits per heavy atom. The van der Waals surface area contributed by atoms with Crippen molar-refractivity contribution in [2.45, 2.75) is 31.3 Å². The van der Waals surface area contributed by atoms with Gasteiger partial charge in [-0.1, -0.05) is 42.5 Å². The third-order valence-electron chi connectivity index (χ3n) is 6.19. The Morgan fingerprint density at radius 3 is 2.45 bits per heavy atom. The number of likely N-dealkylation sites (tertiary alicyclic amines) is 1. The summed E-state index contributed by atoms with van der Waals surface area (Å²) in [6, 6.07) is 18.3. The van der Waals surface area contributed by atoms with Crippen LogP contribution in [0.2, 0.25) is 0 Å². The molecular weight excluding hydrogens is 360 g/mol. The second kappa shape index (κ2) is 7.73. The molecule has 2 fully saturated rings. The van der Waals surface area contributed by atoms with Crippen LogP contribution in [-0.2, 0) is 0 Å². The Kier molecular flexibility index (Phi) is 4.94. The summed E-state index contributed by atoms with van der Waals surface area (Å²) < 4.78 is 0. The second-order valence-electron chi connectivity index (χ2n) is 8.49. The predicted octanol–water partition coefficient (Wildman–Crippen LogP) is 3.72. The summed E-state index contributed by atoms with van der Waals surface area (Å²) in [6.45, 7) is 4.52. The highest BCUT2D eigenvalue weighted by Crippen LogP contribution is 2.32. The van der Waals surface area contributed by atoms with E-state index < -0.39 is 5.60 Å². The maximum absolute atomic E-state index is 11.4. The minimum absolute atomic E-state index is 0.624. The molecule has 1 atom stereocenters. The Labute approximate surface area is 172 Å². The zero-order valence-electron chi connectivity index (χ0n) is 16.8. The summed E-state index contributed by atoms with van der Waals surface area (Å²) in [7, 11) is 0. The number of para-hydroxylation sites is 1. The van der Waals surface area contributed by atoms with Crippen LogP contribution in [0.3, 0.4) is 0 Å². The van der Waals surface area contributed by atoms with Crippen LogP contribution in [0, 0.1) is 0 Å². The fraction of sp³-hybridized carbons (Fsp3) is 0.417. The van der Waals surface area contributed by atoms with E-state index in [-0.39, 0.29) is 0 Å². The van der Waals surface area contributed by atoms with Crippen LogP contribution >= 0.6 is 0 Å². The van der Waals surface area contributed by atoms with E-state index in [1.165, 1.54) is 12.8 Å². The first-order chi connectivity index (χ1) is 14.2. The fourth-order valence-corrected chi connectivity index (χ4v) is 4.80. The number of anilines is 1. The van der Waals surface area contributed by atoms with Gasteiger partial charge in [-0.2, -0.15) is 0 Å². The zero-order chi connectivity index (χ0) is 19.7. The highest BCUT2D eigenvalue weighted by atomic mass is 16.3. The van der Waals surface area contributed by atoms with Crippen molar-refractivity contribution < 1.29 is 5.11 Å². The van der Waals surface area contributed by atoms with Crippen molar-refractivity contribution in [1.82, 2.24) is 14.9 Å². The number of β-amino-alcohol motifs (C(OH)–C–C–N with tert-alkyl or cyclic N) is 1. The van der Waals surface area contributed by atoms with Gasteiger partial charge in [-0.25, -0.2) is 9.97 Å². The molecule has 0 radical (unpaired) electrons. The van der Waals surface area contributed by atoms with Crippen LogP contribution in [0.1, 0.15) is 25.7 Å². The minimum Gasteiger partial charge on any atom is -0.387 e.